The van der Waals surface area contributed by atoms with Gasteiger partial charge in [-0.1, -0.05) is 11.6 Å². The molecule has 82 valence electrons. The Morgan fingerprint density at radius 2 is 2.27 bits per heavy atom. The van der Waals surface area contributed by atoms with Gasteiger partial charge >= 0.3 is 5.97 Å². The maximum Gasteiger partial charge on any atom is 0.320 e. The van der Waals surface area contributed by atoms with Gasteiger partial charge in [-0.15, -0.1) is 11.3 Å². The molecule has 0 aliphatic heterocycles. The van der Waals surface area contributed by atoms with E-state index in [4.69, 9.17) is 16.7 Å². The van der Waals surface area contributed by atoms with Gasteiger partial charge in [0, 0.05) is 0 Å². The molecule has 6 heteroatoms. The molecule has 0 radical (unpaired) electrons. The number of aliphatic carboxylic acids is 1. The monoisotopic (exact) mass is 247 g/mol. The molecule has 0 aliphatic rings. The van der Waals surface area contributed by atoms with E-state index in [1.54, 1.807) is 12.1 Å². The Labute approximate surface area is 95.9 Å². The van der Waals surface area contributed by atoms with E-state index in [9.17, 15) is 9.59 Å². The van der Waals surface area contributed by atoms with Crippen LogP contribution in [0.4, 0.5) is 0 Å². The van der Waals surface area contributed by atoms with Crippen LogP contribution in [-0.4, -0.2) is 29.4 Å². The van der Waals surface area contributed by atoms with Crippen molar-refractivity contribution in [1.29, 1.82) is 0 Å². The van der Waals surface area contributed by atoms with Gasteiger partial charge in [-0.2, -0.15) is 0 Å². The van der Waals surface area contributed by atoms with Crippen molar-refractivity contribution in [3.63, 3.8) is 0 Å². The molecule has 0 amide bonds. The van der Waals surface area contributed by atoms with Crippen LogP contribution >= 0.6 is 22.9 Å². The third-order valence-corrected chi connectivity index (χ3v) is 3.06. The average Bonchev–Trinajstić information content (AvgIpc) is 2.60. The molecule has 1 atom stereocenters. The van der Waals surface area contributed by atoms with Gasteiger partial charge in [-0.25, -0.2) is 0 Å². The van der Waals surface area contributed by atoms with E-state index in [1.807, 2.05) is 0 Å². The van der Waals surface area contributed by atoms with Gasteiger partial charge in [0.1, 0.15) is 6.04 Å². The van der Waals surface area contributed by atoms with Crippen molar-refractivity contribution in [2.45, 2.75) is 13.0 Å². The van der Waals surface area contributed by atoms with Crippen LogP contribution in [-0.2, 0) is 4.79 Å². The van der Waals surface area contributed by atoms with Gasteiger partial charge in [-0.3, -0.25) is 14.9 Å². The maximum atomic E-state index is 11.5. The fraction of sp³-hybridized carbons (Fsp3) is 0.333. The van der Waals surface area contributed by atoms with E-state index in [1.165, 1.54) is 18.3 Å². The second-order valence-corrected chi connectivity index (χ2v) is 4.68. The standard InChI is InChI=1S/C9H10ClNO3S/c1-5(9(13)14)11-4-6(12)7-2-3-8(10)15-7/h2-3,5,11H,4H2,1H3,(H,13,14). The molecule has 1 rings (SSSR count). The van der Waals surface area contributed by atoms with E-state index < -0.39 is 12.0 Å². The molecule has 0 bridgehead atoms. The molecule has 1 aromatic heterocycles. The van der Waals surface area contributed by atoms with Gasteiger partial charge in [0.15, 0.2) is 5.78 Å². The van der Waals surface area contributed by atoms with Crippen molar-refractivity contribution in [3.05, 3.63) is 21.3 Å². The molecule has 2 N–H and O–H groups in total. The highest BCUT2D eigenvalue weighted by Gasteiger charge is 2.13. The largest absolute Gasteiger partial charge is 0.480 e. The first-order valence-electron chi connectivity index (χ1n) is 4.25. The third-order valence-electron chi connectivity index (χ3n) is 1.79. The van der Waals surface area contributed by atoms with Crippen molar-refractivity contribution >= 4 is 34.7 Å². The van der Waals surface area contributed by atoms with Crippen LogP contribution in [0, 0.1) is 0 Å². The molecular formula is C9H10ClNO3S. The number of carboxylic acid groups (broad SMARTS) is 1. The number of Topliss-reactive ketones (excluding diaryl/α,β-unsaturated/α-hetero) is 1. The molecule has 1 unspecified atom stereocenters. The van der Waals surface area contributed by atoms with Crippen LogP contribution in [0.25, 0.3) is 0 Å². The zero-order valence-corrected chi connectivity index (χ0v) is 9.56. The van der Waals surface area contributed by atoms with E-state index in [-0.39, 0.29) is 12.3 Å². The van der Waals surface area contributed by atoms with E-state index in [2.05, 4.69) is 5.32 Å². The number of halogens is 1. The van der Waals surface area contributed by atoms with Crippen molar-refractivity contribution < 1.29 is 14.7 Å². The molecule has 0 aromatic carbocycles. The van der Waals surface area contributed by atoms with Crippen LogP contribution < -0.4 is 5.32 Å². The van der Waals surface area contributed by atoms with Gasteiger partial charge < -0.3 is 5.11 Å². The molecule has 0 saturated carbocycles. The van der Waals surface area contributed by atoms with E-state index >= 15 is 0 Å². The van der Waals surface area contributed by atoms with Crippen LogP contribution in [0.3, 0.4) is 0 Å². The third kappa shape index (κ3) is 3.62. The van der Waals surface area contributed by atoms with Gasteiger partial charge in [0.05, 0.1) is 15.8 Å². The van der Waals surface area contributed by atoms with Crippen molar-refractivity contribution in [1.82, 2.24) is 5.32 Å². The summed E-state index contributed by atoms with van der Waals surface area (Å²) in [6.45, 7) is 1.49. The van der Waals surface area contributed by atoms with E-state index in [0.29, 0.717) is 9.21 Å². The number of hydrogen-bond donors (Lipinski definition) is 2. The first-order valence-corrected chi connectivity index (χ1v) is 5.45. The van der Waals surface area contributed by atoms with Crippen molar-refractivity contribution in [2.75, 3.05) is 6.54 Å². The fourth-order valence-electron chi connectivity index (χ4n) is 0.884. The number of hydrogen-bond acceptors (Lipinski definition) is 4. The van der Waals surface area contributed by atoms with E-state index in [0.717, 1.165) is 0 Å². The number of ketones is 1. The molecule has 1 aromatic rings. The Kier molecular flexibility index (Phi) is 4.26. The predicted octanol–water partition coefficient (Wildman–Crippen LogP) is 1.65. The first-order chi connectivity index (χ1) is 7.00. The lowest BCUT2D eigenvalue weighted by Gasteiger charge is -2.06. The second-order valence-electron chi connectivity index (χ2n) is 2.97. The van der Waals surface area contributed by atoms with Crippen molar-refractivity contribution in [2.24, 2.45) is 0 Å². The lowest BCUT2D eigenvalue weighted by molar-refractivity contribution is -0.138. The van der Waals surface area contributed by atoms with Gasteiger partial charge in [-0.05, 0) is 19.1 Å². The van der Waals surface area contributed by atoms with Gasteiger partial charge in [0.2, 0.25) is 0 Å². The maximum absolute atomic E-state index is 11.5. The Bertz CT molecular complexity index is 377. The van der Waals surface area contributed by atoms with Gasteiger partial charge in [0.25, 0.3) is 0 Å². The lowest BCUT2D eigenvalue weighted by Crippen LogP contribution is -2.37. The molecule has 15 heavy (non-hydrogen) atoms. The smallest absolute Gasteiger partial charge is 0.320 e. The molecule has 0 aliphatic carbocycles. The Balaban J connectivity index is 2.47. The molecule has 0 spiro atoms. The number of carbonyl (C=O) groups is 2. The lowest BCUT2D eigenvalue weighted by atomic mass is 10.3. The van der Waals surface area contributed by atoms with Crippen LogP contribution in [0.15, 0.2) is 12.1 Å². The summed E-state index contributed by atoms with van der Waals surface area (Å²) in [7, 11) is 0. The fourth-order valence-corrected chi connectivity index (χ4v) is 1.86. The summed E-state index contributed by atoms with van der Waals surface area (Å²) in [5, 5.41) is 11.2. The van der Waals surface area contributed by atoms with Crippen LogP contribution in [0.1, 0.15) is 16.6 Å². The zero-order valence-electron chi connectivity index (χ0n) is 7.99. The Morgan fingerprint density at radius 3 is 2.73 bits per heavy atom. The number of nitrogens with one attached hydrogen (secondary N) is 1. The summed E-state index contributed by atoms with van der Waals surface area (Å²) in [6.07, 6.45) is 0. The molecule has 4 nitrogen and oxygen atoms in total. The normalized spacial score (nSPS) is 12.4. The Hall–Kier alpha value is -0.910. The highest BCUT2D eigenvalue weighted by molar-refractivity contribution is 7.18. The minimum atomic E-state index is -0.980. The zero-order chi connectivity index (χ0) is 11.4. The molecule has 0 fully saturated rings. The quantitative estimate of drug-likeness (QED) is 0.777. The summed E-state index contributed by atoms with van der Waals surface area (Å²) in [5.74, 6) is -1.13. The summed E-state index contributed by atoms with van der Waals surface area (Å²) in [6, 6.07) is 2.53. The van der Waals surface area contributed by atoms with Crippen molar-refractivity contribution in [3.8, 4) is 0 Å². The number of carboxylic acids is 1. The van der Waals surface area contributed by atoms with Crippen LogP contribution in [0.2, 0.25) is 4.34 Å². The second kappa shape index (κ2) is 5.25. The minimum absolute atomic E-state index is 0.00427. The Morgan fingerprint density at radius 1 is 1.60 bits per heavy atom. The molecule has 0 saturated heterocycles. The number of rotatable bonds is 5. The minimum Gasteiger partial charge on any atom is -0.480 e. The average molecular weight is 248 g/mol. The SMILES string of the molecule is CC(NCC(=O)c1ccc(Cl)s1)C(=O)O. The van der Waals surface area contributed by atoms with Crippen LogP contribution in [0.5, 0.6) is 0 Å². The topological polar surface area (TPSA) is 66.4 Å². The summed E-state index contributed by atoms with van der Waals surface area (Å²) in [4.78, 5) is 22.5. The summed E-state index contributed by atoms with van der Waals surface area (Å²) >= 11 is 6.85. The summed E-state index contributed by atoms with van der Waals surface area (Å²) < 4.78 is 0.546. The predicted molar refractivity (Wildman–Crippen MR) is 58.8 cm³/mol. The first kappa shape index (κ1) is 12.2. The highest BCUT2D eigenvalue weighted by atomic mass is 35.5. The number of thiophene rings is 1. The molecule has 1 heterocycles. The number of carbonyl (C=O) groups excluding carboxylic acids is 1. The summed E-state index contributed by atoms with van der Waals surface area (Å²) in [5.41, 5.74) is 0. The molecular weight excluding hydrogens is 238 g/mol. The highest BCUT2D eigenvalue weighted by Crippen LogP contribution is 2.21.